The molecule has 0 atom stereocenters. The van der Waals surface area contributed by atoms with Gasteiger partial charge in [0.1, 0.15) is 5.82 Å². The van der Waals surface area contributed by atoms with Crippen molar-refractivity contribution in [2.24, 2.45) is 0 Å². The van der Waals surface area contributed by atoms with Gasteiger partial charge >= 0.3 is 0 Å². The van der Waals surface area contributed by atoms with Gasteiger partial charge in [0.15, 0.2) is 5.82 Å². The third kappa shape index (κ3) is 5.46. The van der Waals surface area contributed by atoms with Gasteiger partial charge < -0.3 is 5.32 Å². The van der Waals surface area contributed by atoms with Crippen molar-refractivity contribution in [1.82, 2.24) is 20.0 Å². The summed E-state index contributed by atoms with van der Waals surface area (Å²) in [7, 11) is -2.01. The minimum atomic E-state index is -3.38. The molecule has 0 aliphatic rings. The van der Waals surface area contributed by atoms with Crippen LogP contribution in [-0.2, 0) is 22.3 Å². The largest absolute Gasteiger partial charge is 0.348 e. The lowest BCUT2D eigenvalue weighted by molar-refractivity contribution is 0.0949. The molecule has 0 saturated heterocycles. The van der Waals surface area contributed by atoms with Gasteiger partial charge in [0.2, 0.25) is 10.0 Å². The van der Waals surface area contributed by atoms with Gasteiger partial charge in [-0.25, -0.2) is 27.5 Å². The molecule has 0 radical (unpaired) electrons. The average molecular weight is 428 g/mol. The van der Waals surface area contributed by atoms with E-state index in [1.165, 1.54) is 25.4 Å². The smallest absolute Gasteiger partial charge is 0.254 e. The quantitative estimate of drug-likeness (QED) is 0.602. The Morgan fingerprint density at radius 3 is 2.53 bits per heavy atom. The number of rotatable bonds is 7. The molecular formula is C21H21FN4O3S. The van der Waals surface area contributed by atoms with E-state index in [0.29, 0.717) is 28.2 Å². The molecule has 1 aromatic heterocycles. The highest BCUT2D eigenvalue weighted by Gasteiger charge is 2.13. The molecule has 0 aliphatic carbocycles. The molecular weight excluding hydrogens is 407 g/mol. The Labute approximate surface area is 174 Å². The molecule has 0 bridgehead atoms. The third-order valence-electron chi connectivity index (χ3n) is 4.42. The zero-order valence-electron chi connectivity index (χ0n) is 16.5. The fourth-order valence-electron chi connectivity index (χ4n) is 2.86. The second-order valence-corrected chi connectivity index (χ2v) is 8.60. The number of nitrogens with zero attached hydrogens (tertiary/aromatic N) is 2. The van der Waals surface area contributed by atoms with Crippen LogP contribution in [0.3, 0.4) is 0 Å². The summed E-state index contributed by atoms with van der Waals surface area (Å²) in [6, 6.07) is 12.9. The average Bonchev–Trinajstić information content (AvgIpc) is 2.72. The topological polar surface area (TPSA) is 101 Å². The molecule has 0 fully saturated rings. The summed E-state index contributed by atoms with van der Waals surface area (Å²) in [5.41, 5.74) is 2.69. The van der Waals surface area contributed by atoms with Gasteiger partial charge in [-0.2, -0.15) is 0 Å². The van der Waals surface area contributed by atoms with Crippen LogP contribution in [0.5, 0.6) is 0 Å². The minimum absolute atomic E-state index is 0.139. The lowest BCUT2D eigenvalue weighted by Crippen LogP contribution is -2.24. The van der Waals surface area contributed by atoms with Gasteiger partial charge in [-0.05, 0) is 37.2 Å². The number of halogens is 1. The van der Waals surface area contributed by atoms with E-state index in [-0.39, 0.29) is 24.0 Å². The Kier molecular flexibility index (Phi) is 6.53. The van der Waals surface area contributed by atoms with Crippen molar-refractivity contribution >= 4 is 15.9 Å². The van der Waals surface area contributed by atoms with Crippen molar-refractivity contribution in [2.45, 2.75) is 19.2 Å². The lowest BCUT2D eigenvalue weighted by atomic mass is 10.1. The van der Waals surface area contributed by atoms with Crippen molar-refractivity contribution < 1.29 is 17.6 Å². The molecule has 0 unspecified atom stereocenters. The van der Waals surface area contributed by atoms with Gasteiger partial charge in [0.25, 0.3) is 5.91 Å². The van der Waals surface area contributed by atoms with Crippen LogP contribution in [-0.4, -0.2) is 31.3 Å². The van der Waals surface area contributed by atoms with E-state index in [4.69, 9.17) is 0 Å². The number of benzene rings is 2. The summed E-state index contributed by atoms with van der Waals surface area (Å²) < 4.78 is 39.1. The number of hydrogen-bond donors (Lipinski definition) is 2. The predicted octanol–water partition coefficient (Wildman–Crippen LogP) is 2.57. The number of carbonyl (C=O) groups excluding carboxylic acids is 1. The summed E-state index contributed by atoms with van der Waals surface area (Å²) >= 11 is 0. The van der Waals surface area contributed by atoms with Crippen molar-refractivity contribution in [2.75, 3.05) is 7.05 Å². The van der Waals surface area contributed by atoms with Gasteiger partial charge in [0, 0.05) is 18.3 Å². The zero-order chi connectivity index (χ0) is 21.7. The number of aryl methyl sites for hydroxylation is 1. The van der Waals surface area contributed by atoms with Crippen molar-refractivity contribution in [3.8, 4) is 11.4 Å². The van der Waals surface area contributed by atoms with Gasteiger partial charge in [0.05, 0.1) is 17.0 Å². The third-order valence-corrected chi connectivity index (χ3v) is 5.75. The highest BCUT2D eigenvalue weighted by molar-refractivity contribution is 7.88. The Bertz CT molecular complexity index is 1180. The zero-order valence-corrected chi connectivity index (χ0v) is 17.3. The second-order valence-electron chi connectivity index (χ2n) is 6.67. The van der Waals surface area contributed by atoms with Crippen LogP contribution in [0, 0.1) is 12.7 Å². The Morgan fingerprint density at radius 2 is 1.83 bits per heavy atom. The van der Waals surface area contributed by atoms with Crippen LogP contribution >= 0.6 is 0 Å². The Balaban J connectivity index is 1.69. The first kappa shape index (κ1) is 21.5. The van der Waals surface area contributed by atoms with Crippen LogP contribution in [0.15, 0.2) is 54.7 Å². The summed E-state index contributed by atoms with van der Waals surface area (Å²) in [6.45, 7) is 1.90. The van der Waals surface area contributed by atoms with Crippen LogP contribution in [0.2, 0.25) is 0 Å². The number of sulfonamides is 1. The first-order chi connectivity index (χ1) is 14.3. The second kappa shape index (κ2) is 9.10. The highest BCUT2D eigenvalue weighted by atomic mass is 32.2. The maximum absolute atomic E-state index is 13.4. The molecule has 1 amide bonds. The SMILES string of the molecule is CNS(=O)(=O)Cc1cccc(CNC(=O)c2cnc(-c3cccc(F)c3)nc2C)c1. The van der Waals surface area contributed by atoms with Gasteiger partial charge in [-0.15, -0.1) is 0 Å². The van der Waals surface area contributed by atoms with Crippen LogP contribution < -0.4 is 10.0 Å². The van der Waals surface area contributed by atoms with Gasteiger partial charge in [-0.3, -0.25) is 4.79 Å². The molecule has 3 aromatic rings. The van der Waals surface area contributed by atoms with Crippen molar-refractivity contribution in [3.63, 3.8) is 0 Å². The Morgan fingerprint density at radius 1 is 1.10 bits per heavy atom. The first-order valence-corrected chi connectivity index (χ1v) is 10.8. The molecule has 7 nitrogen and oxygen atoms in total. The van der Waals surface area contributed by atoms with Crippen LogP contribution in [0.25, 0.3) is 11.4 Å². The van der Waals surface area contributed by atoms with Crippen LogP contribution in [0.4, 0.5) is 4.39 Å². The molecule has 1 heterocycles. The maximum Gasteiger partial charge on any atom is 0.254 e. The molecule has 3 rings (SSSR count). The molecule has 0 aliphatic heterocycles. The van der Waals surface area contributed by atoms with E-state index >= 15 is 0 Å². The van der Waals surface area contributed by atoms with E-state index in [0.717, 1.165) is 5.56 Å². The molecule has 0 saturated carbocycles. The number of amides is 1. The highest BCUT2D eigenvalue weighted by Crippen LogP contribution is 2.17. The number of carbonyl (C=O) groups is 1. The molecule has 156 valence electrons. The maximum atomic E-state index is 13.4. The fourth-order valence-corrected chi connectivity index (χ4v) is 3.62. The van der Waals surface area contributed by atoms with E-state index in [1.807, 2.05) is 0 Å². The normalized spacial score (nSPS) is 11.3. The summed E-state index contributed by atoms with van der Waals surface area (Å²) in [5, 5.41) is 2.78. The van der Waals surface area contributed by atoms with Crippen LogP contribution in [0.1, 0.15) is 27.2 Å². The molecule has 2 aromatic carbocycles. The first-order valence-electron chi connectivity index (χ1n) is 9.14. The lowest BCUT2D eigenvalue weighted by Gasteiger charge is -2.10. The fraction of sp³-hybridized carbons (Fsp3) is 0.190. The molecule has 30 heavy (non-hydrogen) atoms. The minimum Gasteiger partial charge on any atom is -0.348 e. The number of nitrogens with one attached hydrogen (secondary N) is 2. The molecule has 2 N–H and O–H groups in total. The summed E-state index contributed by atoms with van der Waals surface area (Å²) in [5.74, 6) is -0.548. The monoisotopic (exact) mass is 428 g/mol. The standard InChI is InChI=1S/C21H21FN4O3S/c1-14-19(12-24-20(26-14)17-7-4-8-18(22)10-17)21(27)25-11-15-5-3-6-16(9-15)13-30(28,29)23-2/h3-10,12,23H,11,13H2,1-2H3,(H,25,27). The summed E-state index contributed by atoms with van der Waals surface area (Å²) in [6.07, 6.45) is 1.41. The number of aromatic nitrogens is 2. The number of hydrogen-bond acceptors (Lipinski definition) is 5. The van der Waals surface area contributed by atoms with E-state index in [9.17, 15) is 17.6 Å². The van der Waals surface area contributed by atoms with E-state index in [2.05, 4.69) is 20.0 Å². The molecule has 9 heteroatoms. The Hall–Kier alpha value is -3.17. The summed E-state index contributed by atoms with van der Waals surface area (Å²) in [4.78, 5) is 21.0. The van der Waals surface area contributed by atoms with Crippen molar-refractivity contribution in [3.05, 3.63) is 82.9 Å². The van der Waals surface area contributed by atoms with Crippen molar-refractivity contribution in [1.29, 1.82) is 0 Å². The molecule has 0 spiro atoms. The van der Waals surface area contributed by atoms with E-state index in [1.54, 1.807) is 43.3 Å². The van der Waals surface area contributed by atoms with Gasteiger partial charge in [-0.1, -0.05) is 36.4 Å². The van der Waals surface area contributed by atoms with E-state index < -0.39 is 10.0 Å². The predicted molar refractivity (Wildman–Crippen MR) is 111 cm³/mol.